The summed E-state index contributed by atoms with van der Waals surface area (Å²) < 4.78 is 0. The molecule has 18 heavy (non-hydrogen) atoms. The highest BCUT2D eigenvalue weighted by molar-refractivity contribution is 5.59. The monoisotopic (exact) mass is 236 g/mol. The summed E-state index contributed by atoms with van der Waals surface area (Å²) >= 11 is 0. The van der Waals surface area contributed by atoms with Gasteiger partial charge in [-0.3, -0.25) is 4.98 Å². The van der Waals surface area contributed by atoms with Crippen LogP contribution in [0.3, 0.4) is 0 Å². The van der Waals surface area contributed by atoms with Crippen LogP contribution >= 0.6 is 0 Å². The van der Waals surface area contributed by atoms with Crippen LogP contribution in [0.1, 0.15) is 30.9 Å². The zero-order chi connectivity index (χ0) is 13.0. The highest BCUT2D eigenvalue weighted by atomic mass is 14.7. The molecule has 0 radical (unpaired) electrons. The first-order valence-electron chi connectivity index (χ1n) is 6.13. The maximum atomic E-state index is 8.61. The van der Waals surface area contributed by atoms with Crippen molar-refractivity contribution < 1.29 is 0 Å². The molecule has 0 fully saturated rings. The molecule has 1 heterocycles. The first kappa shape index (κ1) is 12.3. The van der Waals surface area contributed by atoms with Crippen molar-refractivity contribution in [3.8, 4) is 17.3 Å². The van der Waals surface area contributed by atoms with Gasteiger partial charge in [-0.05, 0) is 23.1 Å². The van der Waals surface area contributed by atoms with Gasteiger partial charge < -0.3 is 0 Å². The van der Waals surface area contributed by atoms with Crippen molar-refractivity contribution in [2.45, 2.75) is 26.2 Å². The summed E-state index contributed by atoms with van der Waals surface area (Å²) in [5.74, 6) is 0.546. The first-order valence-corrected chi connectivity index (χ1v) is 6.13. The molecule has 1 aromatic heterocycles. The lowest BCUT2D eigenvalue weighted by Gasteiger charge is -2.06. The Morgan fingerprint density at radius 3 is 2.33 bits per heavy atom. The van der Waals surface area contributed by atoms with Gasteiger partial charge in [0, 0.05) is 11.8 Å². The van der Waals surface area contributed by atoms with Gasteiger partial charge in [-0.1, -0.05) is 44.2 Å². The molecule has 0 amide bonds. The van der Waals surface area contributed by atoms with E-state index in [0.717, 1.165) is 16.8 Å². The third kappa shape index (κ3) is 2.75. The van der Waals surface area contributed by atoms with E-state index in [4.69, 9.17) is 5.26 Å². The molecule has 2 nitrogen and oxygen atoms in total. The molecule has 1 aromatic carbocycles. The van der Waals surface area contributed by atoms with Gasteiger partial charge in [0.15, 0.2) is 0 Å². The number of pyridine rings is 1. The summed E-state index contributed by atoms with van der Waals surface area (Å²) in [6, 6.07) is 14.5. The minimum Gasteiger partial charge on any atom is -0.256 e. The molecule has 0 N–H and O–H groups in total. The van der Waals surface area contributed by atoms with E-state index < -0.39 is 0 Å². The summed E-state index contributed by atoms with van der Waals surface area (Å²) in [7, 11) is 0. The van der Waals surface area contributed by atoms with E-state index in [-0.39, 0.29) is 0 Å². The molecule has 0 saturated carbocycles. The topological polar surface area (TPSA) is 36.7 Å². The molecule has 0 aliphatic heterocycles. The fourth-order valence-corrected chi connectivity index (χ4v) is 1.83. The Balaban J connectivity index is 2.23. The molecule has 0 aliphatic rings. The summed E-state index contributed by atoms with van der Waals surface area (Å²) in [5.41, 5.74) is 4.36. The van der Waals surface area contributed by atoms with Gasteiger partial charge in [0.2, 0.25) is 0 Å². The van der Waals surface area contributed by atoms with Gasteiger partial charge in [0.05, 0.1) is 18.2 Å². The van der Waals surface area contributed by atoms with Crippen molar-refractivity contribution in [1.82, 2.24) is 4.98 Å². The fourth-order valence-electron chi connectivity index (χ4n) is 1.83. The van der Waals surface area contributed by atoms with Gasteiger partial charge in [-0.2, -0.15) is 5.26 Å². The standard InChI is InChI=1S/C16H16N2/c1-12(2)14-4-6-15(7-5-14)16-8-3-13(9-10-17)11-18-16/h3-8,11-12H,9H2,1-2H3. The van der Waals surface area contributed by atoms with Crippen LogP contribution in [-0.2, 0) is 6.42 Å². The van der Waals surface area contributed by atoms with Crippen LogP contribution in [0.4, 0.5) is 0 Å². The van der Waals surface area contributed by atoms with E-state index in [1.807, 2.05) is 12.1 Å². The van der Waals surface area contributed by atoms with Crippen LogP contribution in [0.15, 0.2) is 42.6 Å². The smallest absolute Gasteiger partial charge is 0.0702 e. The van der Waals surface area contributed by atoms with Crippen molar-refractivity contribution in [1.29, 1.82) is 5.26 Å². The van der Waals surface area contributed by atoms with Crippen LogP contribution in [0.25, 0.3) is 11.3 Å². The Hall–Kier alpha value is -2.14. The Morgan fingerprint density at radius 2 is 1.83 bits per heavy atom. The number of nitriles is 1. The molecule has 0 unspecified atom stereocenters. The van der Waals surface area contributed by atoms with Gasteiger partial charge in [-0.25, -0.2) is 0 Å². The van der Waals surface area contributed by atoms with Crippen molar-refractivity contribution >= 4 is 0 Å². The molecule has 0 saturated heterocycles. The quantitative estimate of drug-likeness (QED) is 0.809. The van der Waals surface area contributed by atoms with Crippen molar-refractivity contribution in [3.63, 3.8) is 0 Å². The Labute approximate surface area is 108 Å². The van der Waals surface area contributed by atoms with Gasteiger partial charge >= 0.3 is 0 Å². The van der Waals surface area contributed by atoms with Crippen LogP contribution < -0.4 is 0 Å². The number of rotatable bonds is 3. The SMILES string of the molecule is CC(C)c1ccc(-c2ccc(CC#N)cn2)cc1. The van der Waals surface area contributed by atoms with E-state index in [1.165, 1.54) is 5.56 Å². The average Bonchev–Trinajstić information content (AvgIpc) is 2.40. The second-order valence-electron chi connectivity index (χ2n) is 4.66. The van der Waals surface area contributed by atoms with Crippen LogP contribution in [0.2, 0.25) is 0 Å². The summed E-state index contributed by atoms with van der Waals surface area (Å²) in [6.07, 6.45) is 2.19. The van der Waals surface area contributed by atoms with Crippen LogP contribution in [-0.4, -0.2) is 4.98 Å². The third-order valence-electron chi connectivity index (χ3n) is 2.98. The minimum absolute atomic E-state index is 0.416. The zero-order valence-electron chi connectivity index (χ0n) is 10.7. The maximum Gasteiger partial charge on any atom is 0.0702 e. The van der Waals surface area contributed by atoms with Crippen LogP contribution in [0, 0.1) is 11.3 Å². The number of aromatic nitrogens is 1. The number of benzene rings is 1. The summed E-state index contributed by atoms with van der Waals surface area (Å²) in [4.78, 5) is 4.39. The van der Waals surface area contributed by atoms with Crippen molar-refractivity contribution in [3.05, 3.63) is 53.7 Å². The Kier molecular flexibility index (Phi) is 3.74. The Morgan fingerprint density at radius 1 is 1.11 bits per heavy atom. The maximum absolute atomic E-state index is 8.61. The van der Waals surface area contributed by atoms with Gasteiger partial charge in [0.25, 0.3) is 0 Å². The first-order chi connectivity index (χ1) is 8.70. The van der Waals surface area contributed by atoms with E-state index in [1.54, 1.807) is 6.20 Å². The van der Waals surface area contributed by atoms with E-state index in [9.17, 15) is 0 Å². The molecular formula is C16H16N2. The second-order valence-corrected chi connectivity index (χ2v) is 4.66. The van der Waals surface area contributed by atoms with Gasteiger partial charge in [0.1, 0.15) is 0 Å². The number of nitrogens with zero attached hydrogens (tertiary/aromatic N) is 2. The predicted octanol–water partition coefficient (Wildman–Crippen LogP) is 3.94. The molecule has 0 spiro atoms. The van der Waals surface area contributed by atoms with E-state index in [2.05, 4.69) is 49.2 Å². The molecule has 2 heteroatoms. The lowest BCUT2D eigenvalue weighted by Crippen LogP contribution is -1.89. The fraction of sp³-hybridized carbons (Fsp3) is 0.250. The molecule has 0 bridgehead atoms. The van der Waals surface area contributed by atoms with Crippen LogP contribution in [0.5, 0.6) is 0 Å². The van der Waals surface area contributed by atoms with Gasteiger partial charge in [-0.15, -0.1) is 0 Å². The number of hydrogen-bond acceptors (Lipinski definition) is 2. The third-order valence-corrected chi connectivity index (χ3v) is 2.98. The predicted molar refractivity (Wildman–Crippen MR) is 73.1 cm³/mol. The largest absolute Gasteiger partial charge is 0.256 e. The highest BCUT2D eigenvalue weighted by Crippen LogP contribution is 2.21. The Bertz CT molecular complexity index is 545. The lowest BCUT2D eigenvalue weighted by molar-refractivity contribution is 0.867. The van der Waals surface area contributed by atoms with Crippen molar-refractivity contribution in [2.75, 3.05) is 0 Å². The number of hydrogen-bond donors (Lipinski definition) is 0. The molecule has 2 rings (SSSR count). The molecule has 90 valence electrons. The lowest BCUT2D eigenvalue weighted by atomic mass is 10.0. The minimum atomic E-state index is 0.416. The average molecular weight is 236 g/mol. The zero-order valence-corrected chi connectivity index (χ0v) is 10.7. The highest BCUT2D eigenvalue weighted by Gasteiger charge is 2.02. The summed E-state index contributed by atoms with van der Waals surface area (Å²) in [5, 5.41) is 8.61. The molecular weight excluding hydrogens is 220 g/mol. The molecule has 0 atom stereocenters. The molecule has 0 aliphatic carbocycles. The molecule has 2 aromatic rings. The van der Waals surface area contributed by atoms with E-state index in [0.29, 0.717) is 12.3 Å². The van der Waals surface area contributed by atoms with E-state index >= 15 is 0 Å². The summed E-state index contributed by atoms with van der Waals surface area (Å²) in [6.45, 7) is 4.37. The second kappa shape index (κ2) is 5.46. The normalized spacial score (nSPS) is 10.3. The van der Waals surface area contributed by atoms with Crippen molar-refractivity contribution in [2.24, 2.45) is 0 Å².